The lowest BCUT2D eigenvalue weighted by atomic mass is 9.51. The van der Waals surface area contributed by atoms with Crippen molar-refractivity contribution in [3.05, 3.63) is 0 Å². The van der Waals surface area contributed by atoms with Crippen molar-refractivity contribution in [2.24, 2.45) is 17.6 Å². The van der Waals surface area contributed by atoms with E-state index < -0.39 is 12.1 Å². The van der Waals surface area contributed by atoms with Crippen LogP contribution in [0.5, 0.6) is 0 Å². The Balaban J connectivity index is 0.000000217. The van der Waals surface area contributed by atoms with Crippen molar-refractivity contribution in [3.63, 3.8) is 0 Å². The van der Waals surface area contributed by atoms with Crippen LogP contribution in [0.4, 0.5) is 13.2 Å². The summed E-state index contributed by atoms with van der Waals surface area (Å²) in [6.45, 7) is 4.31. The second-order valence-electron chi connectivity index (χ2n) is 7.48. The van der Waals surface area contributed by atoms with Crippen LogP contribution < -0.4 is 5.73 Å². The zero-order valence-corrected chi connectivity index (χ0v) is 12.9. The maximum atomic E-state index is 10.6. The summed E-state index contributed by atoms with van der Waals surface area (Å²) in [6, 6.07) is 0. The van der Waals surface area contributed by atoms with Crippen molar-refractivity contribution in [1.82, 2.24) is 0 Å². The number of carboxylic acids is 1. The van der Waals surface area contributed by atoms with E-state index in [4.69, 9.17) is 20.4 Å². The smallest absolute Gasteiger partial charge is 0.475 e. The molecule has 4 aliphatic carbocycles. The molecular weight excluding hydrogens is 299 g/mol. The van der Waals surface area contributed by atoms with E-state index in [0.29, 0.717) is 6.10 Å². The predicted octanol–water partition coefficient (Wildman–Crippen LogP) is 3.09. The summed E-state index contributed by atoms with van der Waals surface area (Å²) in [5.74, 6) is -1.04. The maximum Gasteiger partial charge on any atom is 0.490 e. The Morgan fingerprint density at radius 2 is 1.68 bits per heavy atom. The topological polar surface area (TPSA) is 72.5 Å². The van der Waals surface area contributed by atoms with E-state index in [0.717, 1.165) is 18.3 Å². The maximum absolute atomic E-state index is 10.6. The lowest BCUT2D eigenvalue weighted by molar-refractivity contribution is -0.192. The van der Waals surface area contributed by atoms with E-state index in [-0.39, 0.29) is 11.1 Å². The highest BCUT2D eigenvalue weighted by Crippen LogP contribution is 2.58. The van der Waals surface area contributed by atoms with Gasteiger partial charge in [0.05, 0.1) is 11.7 Å². The van der Waals surface area contributed by atoms with Gasteiger partial charge >= 0.3 is 12.1 Å². The Labute approximate surface area is 128 Å². The molecule has 4 saturated carbocycles. The number of carboxylic acid groups (broad SMARTS) is 1. The minimum Gasteiger partial charge on any atom is -0.475 e. The molecule has 0 spiro atoms. The summed E-state index contributed by atoms with van der Waals surface area (Å²) in [5, 5.41) is 7.12. The fraction of sp³-hybridized carbons (Fsp3) is 0.933. The Hall–Kier alpha value is -0.820. The second kappa shape index (κ2) is 5.67. The molecule has 0 aliphatic heterocycles. The van der Waals surface area contributed by atoms with E-state index in [9.17, 15) is 13.2 Å². The van der Waals surface area contributed by atoms with Gasteiger partial charge in [-0.05, 0) is 64.2 Å². The first-order valence-corrected chi connectivity index (χ1v) is 7.70. The van der Waals surface area contributed by atoms with E-state index in [1.807, 2.05) is 0 Å². The summed E-state index contributed by atoms with van der Waals surface area (Å²) < 4.78 is 38.0. The number of hydrogen-bond donors (Lipinski definition) is 2. The van der Waals surface area contributed by atoms with Crippen molar-refractivity contribution in [2.75, 3.05) is 0 Å². The number of carbonyl (C=O) groups is 1. The molecule has 22 heavy (non-hydrogen) atoms. The highest BCUT2D eigenvalue weighted by molar-refractivity contribution is 5.73. The van der Waals surface area contributed by atoms with E-state index in [1.165, 1.54) is 32.1 Å². The summed E-state index contributed by atoms with van der Waals surface area (Å²) in [4.78, 5) is 8.90. The quantitative estimate of drug-likeness (QED) is 0.819. The van der Waals surface area contributed by atoms with Crippen LogP contribution in [0.3, 0.4) is 0 Å². The van der Waals surface area contributed by atoms with Gasteiger partial charge in [0.25, 0.3) is 0 Å². The molecule has 4 fully saturated rings. The Kier molecular flexibility index (Phi) is 4.52. The van der Waals surface area contributed by atoms with Crippen LogP contribution in [0.1, 0.15) is 52.4 Å². The van der Waals surface area contributed by atoms with Gasteiger partial charge in [-0.15, -0.1) is 0 Å². The number of aliphatic carboxylic acids is 1. The minimum atomic E-state index is -5.08. The zero-order chi connectivity index (χ0) is 16.8. The molecule has 4 rings (SSSR count). The van der Waals surface area contributed by atoms with Crippen molar-refractivity contribution in [1.29, 1.82) is 0 Å². The van der Waals surface area contributed by atoms with Crippen molar-refractivity contribution in [3.8, 4) is 0 Å². The van der Waals surface area contributed by atoms with Gasteiger partial charge < -0.3 is 15.6 Å². The molecule has 0 radical (unpaired) electrons. The van der Waals surface area contributed by atoms with Gasteiger partial charge in [-0.2, -0.15) is 13.2 Å². The number of alkyl halides is 3. The van der Waals surface area contributed by atoms with Crippen LogP contribution in [0.15, 0.2) is 0 Å². The monoisotopic (exact) mass is 323 g/mol. The first kappa shape index (κ1) is 17.5. The molecule has 0 amide bonds. The number of halogens is 3. The van der Waals surface area contributed by atoms with E-state index >= 15 is 0 Å². The molecule has 4 aliphatic rings. The third kappa shape index (κ3) is 3.93. The van der Waals surface area contributed by atoms with Crippen molar-refractivity contribution in [2.45, 2.75) is 75.8 Å². The number of ether oxygens (including phenoxy) is 1. The van der Waals surface area contributed by atoms with Crippen molar-refractivity contribution >= 4 is 5.97 Å². The van der Waals surface area contributed by atoms with Gasteiger partial charge in [0.15, 0.2) is 0 Å². The lowest BCUT2D eigenvalue weighted by Gasteiger charge is -2.60. The molecule has 3 N–H and O–H groups in total. The van der Waals surface area contributed by atoms with Gasteiger partial charge in [0, 0.05) is 5.54 Å². The standard InChI is InChI=1S/C13H23NO.C2HF3O2/c1-9(2)15-13-6-10-3-11(7-13)5-12(14,4-10)8-13;3-2(4,5)1(6)7/h9-11H,3-8,14H2,1-2H3;(H,6,7). The van der Waals surface area contributed by atoms with Crippen LogP contribution in [0.2, 0.25) is 0 Å². The molecule has 0 aromatic rings. The average Bonchev–Trinajstić information content (AvgIpc) is 2.21. The SMILES string of the molecule is CC(C)OC12CC3CC(CC(N)(C3)C1)C2.O=C(O)C(F)(F)F. The fourth-order valence-electron chi connectivity index (χ4n) is 4.89. The van der Waals surface area contributed by atoms with Gasteiger partial charge in [-0.25, -0.2) is 4.79 Å². The first-order chi connectivity index (χ1) is 9.93. The van der Waals surface area contributed by atoms with Crippen LogP contribution in [0.25, 0.3) is 0 Å². The molecule has 2 unspecified atom stereocenters. The van der Waals surface area contributed by atoms with Gasteiger partial charge in [-0.3, -0.25) is 0 Å². The summed E-state index contributed by atoms with van der Waals surface area (Å²) in [7, 11) is 0. The molecule has 4 nitrogen and oxygen atoms in total. The van der Waals surface area contributed by atoms with Gasteiger partial charge in [0.1, 0.15) is 0 Å². The third-order valence-corrected chi connectivity index (χ3v) is 4.78. The molecule has 0 saturated heterocycles. The third-order valence-electron chi connectivity index (χ3n) is 4.78. The number of nitrogens with two attached hydrogens (primary N) is 1. The molecular formula is C15H24F3NO3. The molecule has 7 heteroatoms. The minimum absolute atomic E-state index is 0.124. The first-order valence-electron chi connectivity index (χ1n) is 7.70. The van der Waals surface area contributed by atoms with Crippen LogP contribution >= 0.6 is 0 Å². The van der Waals surface area contributed by atoms with Crippen LogP contribution in [-0.4, -0.2) is 34.5 Å². The zero-order valence-electron chi connectivity index (χ0n) is 12.9. The van der Waals surface area contributed by atoms with Crippen molar-refractivity contribution < 1.29 is 27.8 Å². The molecule has 128 valence electrons. The van der Waals surface area contributed by atoms with Crippen LogP contribution in [-0.2, 0) is 9.53 Å². The van der Waals surface area contributed by atoms with Crippen LogP contribution in [0, 0.1) is 11.8 Å². The fourth-order valence-corrected chi connectivity index (χ4v) is 4.89. The Morgan fingerprint density at radius 3 is 2.00 bits per heavy atom. The average molecular weight is 323 g/mol. The second-order valence-corrected chi connectivity index (χ2v) is 7.48. The van der Waals surface area contributed by atoms with Gasteiger partial charge in [-0.1, -0.05) is 0 Å². The Bertz CT molecular complexity index is 417. The molecule has 0 heterocycles. The molecule has 4 bridgehead atoms. The largest absolute Gasteiger partial charge is 0.490 e. The summed E-state index contributed by atoms with van der Waals surface area (Å²) >= 11 is 0. The highest BCUT2D eigenvalue weighted by atomic mass is 19.4. The lowest BCUT2D eigenvalue weighted by Crippen LogP contribution is -2.64. The Morgan fingerprint density at radius 1 is 1.23 bits per heavy atom. The highest BCUT2D eigenvalue weighted by Gasteiger charge is 2.57. The summed E-state index contributed by atoms with van der Waals surface area (Å²) in [5.41, 5.74) is 6.79. The summed E-state index contributed by atoms with van der Waals surface area (Å²) in [6.07, 6.45) is 2.87. The van der Waals surface area contributed by atoms with Gasteiger partial charge in [0.2, 0.25) is 0 Å². The van der Waals surface area contributed by atoms with E-state index in [2.05, 4.69) is 13.8 Å². The normalized spacial score (nSPS) is 39.6. The molecule has 0 aromatic heterocycles. The number of rotatable bonds is 2. The predicted molar refractivity (Wildman–Crippen MR) is 74.2 cm³/mol. The number of hydrogen-bond acceptors (Lipinski definition) is 3. The van der Waals surface area contributed by atoms with E-state index in [1.54, 1.807) is 0 Å². The molecule has 0 aromatic carbocycles. The molecule has 2 atom stereocenters.